The third-order valence-electron chi connectivity index (χ3n) is 3.54. The van der Waals surface area contributed by atoms with Crippen LogP contribution < -0.4 is 5.32 Å². The number of carbonyl (C=O) groups excluding carboxylic acids is 1. The Morgan fingerprint density at radius 1 is 1.23 bits per heavy atom. The van der Waals surface area contributed by atoms with Crippen molar-refractivity contribution in [3.8, 4) is 0 Å². The fourth-order valence-electron chi connectivity index (χ4n) is 2.28. The van der Waals surface area contributed by atoms with E-state index in [1.807, 2.05) is 41.8 Å². The molecule has 0 atom stereocenters. The Morgan fingerprint density at radius 3 is 2.58 bits per heavy atom. The molecule has 2 aromatic rings. The lowest BCUT2D eigenvalue weighted by Crippen LogP contribution is -2.32. The second-order valence-corrected chi connectivity index (χ2v) is 7.58. The second-order valence-electron chi connectivity index (χ2n) is 5.36. The van der Waals surface area contributed by atoms with E-state index in [2.05, 4.69) is 32.9 Å². The third kappa shape index (κ3) is 4.58. The van der Waals surface area contributed by atoms with Gasteiger partial charge < -0.3 is 0 Å². The minimum absolute atomic E-state index is 0.203. The molecule has 1 amide bonds. The van der Waals surface area contributed by atoms with Crippen LogP contribution in [0.1, 0.15) is 15.9 Å². The van der Waals surface area contributed by atoms with Crippen LogP contribution in [0.5, 0.6) is 0 Å². The van der Waals surface area contributed by atoms with Crippen molar-refractivity contribution in [2.75, 3.05) is 6.54 Å². The molecule has 132 valence electrons. The van der Waals surface area contributed by atoms with E-state index < -0.39 is 0 Å². The number of amidine groups is 1. The van der Waals surface area contributed by atoms with Crippen LogP contribution in [-0.4, -0.2) is 22.6 Å². The fourth-order valence-corrected chi connectivity index (χ4v) is 3.45. The van der Waals surface area contributed by atoms with E-state index in [1.54, 1.807) is 23.2 Å². The quantitative estimate of drug-likeness (QED) is 0.642. The molecule has 0 aliphatic carbocycles. The smallest absolute Gasteiger partial charge is 0.257 e. The molecular weight excluding hydrogens is 434 g/mol. The Labute approximate surface area is 169 Å². The first-order chi connectivity index (χ1) is 12.6. The molecule has 4 nitrogen and oxygen atoms in total. The second kappa shape index (κ2) is 8.58. The predicted molar refractivity (Wildman–Crippen MR) is 113 cm³/mol. The Bertz CT molecular complexity index is 879. The van der Waals surface area contributed by atoms with Crippen molar-refractivity contribution in [2.24, 2.45) is 5.10 Å². The number of hydrogen-bond donors (Lipinski definition) is 1. The van der Waals surface area contributed by atoms with E-state index in [-0.39, 0.29) is 5.91 Å². The third-order valence-corrected chi connectivity index (χ3v) is 5.07. The van der Waals surface area contributed by atoms with Crippen LogP contribution >= 0.6 is 39.3 Å². The molecule has 0 bridgehead atoms. The number of amides is 1. The minimum atomic E-state index is -0.203. The van der Waals surface area contributed by atoms with E-state index in [0.717, 1.165) is 15.7 Å². The first kappa shape index (κ1) is 18.8. The molecule has 0 saturated heterocycles. The van der Waals surface area contributed by atoms with Gasteiger partial charge >= 0.3 is 0 Å². The summed E-state index contributed by atoms with van der Waals surface area (Å²) in [5, 5.41) is 12.3. The molecule has 26 heavy (non-hydrogen) atoms. The van der Waals surface area contributed by atoms with Crippen LogP contribution in [-0.2, 0) is 0 Å². The highest BCUT2D eigenvalue weighted by atomic mass is 79.9. The van der Waals surface area contributed by atoms with Gasteiger partial charge in [0.2, 0.25) is 0 Å². The summed E-state index contributed by atoms with van der Waals surface area (Å²) in [5.41, 5.74) is 2.48. The first-order valence-electron chi connectivity index (χ1n) is 7.73. The average molecular weight is 449 g/mol. The number of nitrogens with zero attached hydrogens (tertiary/aromatic N) is 2. The van der Waals surface area contributed by atoms with Crippen molar-refractivity contribution in [1.29, 1.82) is 0 Å². The van der Waals surface area contributed by atoms with Crippen molar-refractivity contribution in [1.82, 2.24) is 10.3 Å². The van der Waals surface area contributed by atoms with E-state index >= 15 is 0 Å². The molecule has 1 aliphatic rings. The molecule has 3 rings (SSSR count). The zero-order chi connectivity index (χ0) is 18.5. The summed E-state index contributed by atoms with van der Waals surface area (Å²) in [6, 6.07) is 14.7. The maximum atomic E-state index is 12.4. The highest BCUT2D eigenvalue weighted by Crippen LogP contribution is 2.29. The van der Waals surface area contributed by atoms with E-state index in [0.29, 0.717) is 22.3 Å². The summed E-state index contributed by atoms with van der Waals surface area (Å²) < 4.78 is 0.922. The summed E-state index contributed by atoms with van der Waals surface area (Å²) in [6.07, 6.45) is 1.76. The van der Waals surface area contributed by atoms with Crippen LogP contribution in [0.25, 0.3) is 5.70 Å². The molecule has 1 heterocycles. The van der Waals surface area contributed by atoms with E-state index in [1.165, 1.54) is 11.8 Å². The lowest BCUT2D eigenvalue weighted by atomic mass is 10.1. The molecule has 7 heteroatoms. The van der Waals surface area contributed by atoms with Gasteiger partial charge in [-0.3, -0.25) is 15.1 Å². The largest absolute Gasteiger partial charge is 0.299 e. The summed E-state index contributed by atoms with van der Waals surface area (Å²) in [7, 11) is 0. The van der Waals surface area contributed by atoms with Crippen molar-refractivity contribution in [3.05, 3.63) is 87.2 Å². The van der Waals surface area contributed by atoms with Gasteiger partial charge in [0.05, 0.1) is 12.2 Å². The molecule has 0 fully saturated rings. The molecule has 2 aromatic carbocycles. The van der Waals surface area contributed by atoms with Gasteiger partial charge in [-0.05, 0) is 36.4 Å². The summed E-state index contributed by atoms with van der Waals surface area (Å²) in [4.78, 5) is 12.4. The van der Waals surface area contributed by atoms with Gasteiger partial charge in [0.1, 0.15) is 0 Å². The van der Waals surface area contributed by atoms with Crippen molar-refractivity contribution in [3.63, 3.8) is 0 Å². The number of nitrogens with one attached hydrogen (secondary N) is 1. The zero-order valence-corrected chi connectivity index (χ0v) is 16.8. The van der Waals surface area contributed by atoms with Gasteiger partial charge in [0.15, 0.2) is 5.17 Å². The maximum absolute atomic E-state index is 12.4. The zero-order valence-electron chi connectivity index (χ0n) is 13.7. The Morgan fingerprint density at radius 2 is 1.92 bits per heavy atom. The molecular formula is C19H15BrClN3OS. The van der Waals surface area contributed by atoms with Crippen molar-refractivity contribution in [2.45, 2.75) is 0 Å². The number of halogens is 2. The summed E-state index contributed by atoms with van der Waals surface area (Å²) >= 11 is 10.7. The number of carbonyl (C=O) groups is 1. The lowest BCUT2D eigenvalue weighted by Gasteiger charge is -2.25. The molecule has 0 spiro atoms. The van der Waals surface area contributed by atoms with Crippen molar-refractivity contribution >= 4 is 56.1 Å². The molecule has 0 aromatic heterocycles. The normalized spacial score (nSPS) is 13.7. The number of rotatable bonds is 4. The monoisotopic (exact) mass is 447 g/mol. The van der Waals surface area contributed by atoms with Crippen LogP contribution in [0.4, 0.5) is 0 Å². The Hall–Kier alpha value is -2.02. The number of hydrogen-bond acceptors (Lipinski definition) is 4. The topological polar surface area (TPSA) is 44.7 Å². The van der Waals surface area contributed by atoms with Gasteiger partial charge in [-0.2, -0.15) is 0 Å². The Kier molecular flexibility index (Phi) is 6.19. The van der Waals surface area contributed by atoms with Gasteiger partial charge in [-0.15, -0.1) is 11.7 Å². The van der Waals surface area contributed by atoms with Gasteiger partial charge in [0.25, 0.3) is 5.91 Å². The molecule has 0 unspecified atom stereocenters. The standard InChI is InChI=1S/C19H15BrClN3OS/c1-2-11-24-17(13-5-9-16(21)10-6-13)12-26-19(23-24)22-18(25)14-3-7-15(20)8-4-14/h2-10,12H,1,11H2,(H,22,23,25). The number of benzene rings is 2. The molecule has 0 saturated carbocycles. The lowest BCUT2D eigenvalue weighted by molar-refractivity contribution is 0.0977. The molecule has 1 aliphatic heterocycles. The molecule has 0 radical (unpaired) electrons. The fraction of sp³-hybridized carbons (Fsp3) is 0.0526. The van der Waals surface area contributed by atoms with Gasteiger partial charge in [0, 0.05) is 26.0 Å². The average Bonchev–Trinajstić information content (AvgIpc) is 2.64. The van der Waals surface area contributed by atoms with Gasteiger partial charge in [-0.25, -0.2) is 0 Å². The van der Waals surface area contributed by atoms with Crippen LogP contribution in [0.15, 0.2) is 76.2 Å². The first-order valence-corrected chi connectivity index (χ1v) is 9.78. The highest BCUT2D eigenvalue weighted by Gasteiger charge is 2.19. The summed E-state index contributed by atoms with van der Waals surface area (Å²) in [5.74, 6) is -0.203. The maximum Gasteiger partial charge on any atom is 0.257 e. The van der Waals surface area contributed by atoms with Crippen LogP contribution in [0.2, 0.25) is 5.02 Å². The van der Waals surface area contributed by atoms with Crippen LogP contribution in [0, 0.1) is 0 Å². The van der Waals surface area contributed by atoms with Gasteiger partial charge in [-0.1, -0.05) is 57.5 Å². The van der Waals surface area contributed by atoms with Crippen LogP contribution in [0.3, 0.4) is 0 Å². The summed E-state index contributed by atoms with van der Waals surface area (Å²) in [6.45, 7) is 4.30. The highest BCUT2D eigenvalue weighted by molar-refractivity contribution is 9.10. The minimum Gasteiger partial charge on any atom is -0.299 e. The van der Waals surface area contributed by atoms with Crippen molar-refractivity contribution < 1.29 is 4.79 Å². The number of hydrazone groups is 1. The number of thioether (sulfide) groups is 1. The SMILES string of the molecule is C=CCN1N=C(NC(=O)c2ccc(Br)cc2)SC=C1c1ccc(Cl)cc1. The predicted octanol–water partition coefficient (Wildman–Crippen LogP) is 5.34. The Balaban J connectivity index is 1.77. The molecule has 1 N–H and O–H groups in total. The van der Waals surface area contributed by atoms with E-state index in [4.69, 9.17) is 11.6 Å². The van der Waals surface area contributed by atoms with E-state index in [9.17, 15) is 4.79 Å².